The molecule has 1 atom stereocenters. The summed E-state index contributed by atoms with van der Waals surface area (Å²) in [5.74, 6) is -0.654. The van der Waals surface area contributed by atoms with Crippen molar-refractivity contribution >= 4 is 11.6 Å². The summed E-state index contributed by atoms with van der Waals surface area (Å²) >= 11 is 0. The van der Waals surface area contributed by atoms with Gasteiger partial charge in [-0.2, -0.15) is 5.10 Å². The van der Waals surface area contributed by atoms with Crippen LogP contribution in [0.15, 0.2) is 67.0 Å². The van der Waals surface area contributed by atoms with Crippen molar-refractivity contribution in [3.05, 3.63) is 78.4 Å². The molecule has 0 aliphatic rings. The van der Waals surface area contributed by atoms with Crippen LogP contribution in [0.3, 0.4) is 0 Å². The van der Waals surface area contributed by atoms with Gasteiger partial charge in [-0.15, -0.1) is 0 Å². The molecule has 0 aliphatic heterocycles. The lowest BCUT2D eigenvalue weighted by atomic mass is 10.0. The van der Waals surface area contributed by atoms with E-state index in [4.69, 9.17) is 0 Å². The molecule has 1 amide bonds. The maximum Gasteiger partial charge on any atom is 0.246 e. The molecule has 1 aromatic heterocycles. The summed E-state index contributed by atoms with van der Waals surface area (Å²) in [6, 6.07) is 15.4. The zero-order chi connectivity index (χ0) is 18.5. The molecule has 0 saturated carbocycles. The van der Waals surface area contributed by atoms with E-state index in [9.17, 15) is 9.18 Å². The van der Waals surface area contributed by atoms with E-state index >= 15 is 0 Å². The summed E-state index contributed by atoms with van der Waals surface area (Å²) in [4.78, 5) is 14.8. The monoisotopic (exact) mass is 352 g/mol. The van der Waals surface area contributed by atoms with Crippen LogP contribution in [0.5, 0.6) is 0 Å². The van der Waals surface area contributed by atoms with Gasteiger partial charge in [-0.05, 0) is 43.4 Å². The van der Waals surface area contributed by atoms with Crippen molar-refractivity contribution in [2.24, 2.45) is 0 Å². The SMILES string of the molecule is CCN(C)C(C(=O)Nc1ccc(-n2cccn2)c(F)c1)c1ccccc1. The number of carbonyl (C=O) groups is 1. The van der Waals surface area contributed by atoms with Gasteiger partial charge in [0, 0.05) is 18.1 Å². The molecule has 0 aliphatic carbocycles. The van der Waals surface area contributed by atoms with E-state index in [-0.39, 0.29) is 5.91 Å². The largest absolute Gasteiger partial charge is 0.324 e. The second-order valence-corrected chi connectivity index (χ2v) is 5.99. The fourth-order valence-electron chi connectivity index (χ4n) is 2.82. The lowest BCUT2D eigenvalue weighted by Crippen LogP contribution is -2.34. The second-order valence-electron chi connectivity index (χ2n) is 5.99. The minimum atomic E-state index is -0.452. The molecule has 0 fully saturated rings. The number of carbonyl (C=O) groups excluding carboxylic acids is 1. The third-order valence-electron chi connectivity index (χ3n) is 4.27. The summed E-state index contributed by atoms with van der Waals surface area (Å²) in [5, 5.41) is 6.84. The van der Waals surface area contributed by atoms with Crippen molar-refractivity contribution < 1.29 is 9.18 Å². The van der Waals surface area contributed by atoms with Crippen LogP contribution >= 0.6 is 0 Å². The minimum Gasteiger partial charge on any atom is -0.324 e. The van der Waals surface area contributed by atoms with Crippen LogP contribution in [0, 0.1) is 5.82 Å². The first-order chi connectivity index (χ1) is 12.6. The molecule has 3 rings (SSSR count). The van der Waals surface area contributed by atoms with Crippen LogP contribution in [-0.2, 0) is 4.79 Å². The Kier molecular flexibility index (Phi) is 5.43. The summed E-state index contributed by atoms with van der Waals surface area (Å²) in [5.41, 5.74) is 1.63. The third-order valence-corrected chi connectivity index (χ3v) is 4.27. The Hall–Kier alpha value is -2.99. The summed E-state index contributed by atoms with van der Waals surface area (Å²) in [7, 11) is 1.89. The number of benzene rings is 2. The highest BCUT2D eigenvalue weighted by Gasteiger charge is 2.24. The van der Waals surface area contributed by atoms with Gasteiger partial charge >= 0.3 is 0 Å². The number of hydrogen-bond donors (Lipinski definition) is 1. The van der Waals surface area contributed by atoms with Crippen molar-refractivity contribution in [1.82, 2.24) is 14.7 Å². The highest BCUT2D eigenvalue weighted by molar-refractivity contribution is 5.95. The number of rotatable bonds is 6. The van der Waals surface area contributed by atoms with Crippen LogP contribution in [0.1, 0.15) is 18.5 Å². The fraction of sp³-hybridized carbons (Fsp3) is 0.200. The quantitative estimate of drug-likeness (QED) is 0.737. The Morgan fingerprint density at radius 2 is 2.00 bits per heavy atom. The molecular weight excluding hydrogens is 331 g/mol. The van der Waals surface area contributed by atoms with Crippen LogP contribution < -0.4 is 5.32 Å². The van der Waals surface area contributed by atoms with Crippen molar-refractivity contribution in [2.45, 2.75) is 13.0 Å². The molecule has 1 N–H and O–H groups in total. The predicted octanol–water partition coefficient (Wildman–Crippen LogP) is 3.64. The molecule has 3 aromatic rings. The Morgan fingerprint density at radius 3 is 2.62 bits per heavy atom. The molecule has 26 heavy (non-hydrogen) atoms. The Labute approximate surface area is 152 Å². The first-order valence-electron chi connectivity index (χ1n) is 8.45. The zero-order valence-corrected chi connectivity index (χ0v) is 14.8. The van der Waals surface area contributed by atoms with E-state index in [0.29, 0.717) is 17.9 Å². The number of anilines is 1. The highest BCUT2D eigenvalue weighted by Crippen LogP contribution is 2.23. The molecule has 0 bridgehead atoms. The average Bonchev–Trinajstić information content (AvgIpc) is 3.17. The van der Waals surface area contributed by atoms with E-state index in [1.807, 2.05) is 49.2 Å². The lowest BCUT2D eigenvalue weighted by molar-refractivity contribution is -0.121. The zero-order valence-electron chi connectivity index (χ0n) is 14.8. The Bertz CT molecular complexity index is 865. The number of nitrogens with one attached hydrogen (secondary N) is 1. The molecule has 5 nitrogen and oxygen atoms in total. The number of nitrogens with zero attached hydrogens (tertiary/aromatic N) is 3. The van der Waals surface area contributed by atoms with Gasteiger partial charge in [-0.3, -0.25) is 9.69 Å². The van der Waals surface area contributed by atoms with E-state index in [2.05, 4.69) is 10.4 Å². The van der Waals surface area contributed by atoms with E-state index in [1.165, 1.54) is 10.7 Å². The lowest BCUT2D eigenvalue weighted by Gasteiger charge is -2.26. The van der Waals surface area contributed by atoms with Crippen molar-refractivity contribution in [1.29, 1.82) is 0 Å². The topological polar surface area (TPSA) is 50.2 Å². The molecular formula is C20H21FN4O. The highest BCUT2D eigenvalue weighted by atomic mass is 19.1. The number of likely N-dealkylation sites (N-methyl/N-ethyl adjacent to an activating group) is 1. The normalized spacial score (nSPS) is 12.2. The fourth-order valence-corrected chi connectivity index (χ4v) is 2.82. The van der Waals surface area contributed by atoms with Crippen molar-refractivity contribution in [3.8, 4) is 5.69 Å². The van der Waals surface area contributed by atoms with Crippen LogP contribution in [-0.4, -0.2) is 34.2 Å². The van der Waals surface area contributed by atoms with Crippen molar-refractivity contribution in [3.63, 3.8) is 0 Å². The Morgan fingerprint density at radius 1 is 1.23 bits per heavy atom. The molecule has 1 unspecified atom stereocenters. The van der Waals surface area contributed by atoms with E-state index in [1.54, 1.807) is 30.6 Å². The maximum atomic E-state index is 14.4. The van der Waals surface area contributed by atoms with E-state index in [0.717, 1.165) is 5.56 Å². The van der Waals surface area contributed by atoms with Crippen LogP contribution in [0.25, 0.3) is 5.69 Å². The molecule has 134 valence electrons. The molecule has 0 saturated heterocycles. The molecule has 1 heterocycles. The van der Waals surface area contributed by atoms with Gasteiger partial charge in [0.05, 0.1) is 0 Å². The number of halogens is 1. The molecule has 0 radical (unpaired) electrons. The maximum absolute atomic E-state index is 14.4. The van der Waals surface area contributed by atoms with Gasteiger partial charge in [-0.1, -0.05) is 37.3 Å². The van der Waals surface area contributed by atoms with Gasteiger partial charge in [-0.25, -0.2) is 9.07 Å². The minimum absolute atomic E-state index is 0.202. The van der Waals surface area contributed by atoms with Crippen LogP contribution in [0.4, 0.5) is 10.1 Å². The first kappa shape index (κ1) is 17.8. The van der Waals surface area contributed by atoms with Gasteiger partial charge in [0.25, 0.3) is 0 Å². The number of hydrogen-bond acceptors (Lipinski definition) is 3. The molecule has 0 spiro atoms. The number of amides is 1. The van der Waals surface area contributed by atoms with Gasteiger partial charge < -0.3 is 5.32 Å². The third kappa shape index (κ3) is 3.81. The predicted molar refractivity (Wildman–Crippen MR) is 99.6 cm³/mol. The first-order valence-corrected chi connectivity index (χ1v) is 8.45. The standard InChI is InChI=1S/C20H21FN4O/c1-3-24(2)19(15-8-5-4-6-9-15)20(26)23-16-10-11-18(17(21)14-16)25-13-7-12-22-25/h4-14,19H,3H2,1-2H3,(H,23,26). The summed E-state index contributed by atoms with van der Waals surface area (Å²) in [6.45, 7) is 2.70. The van der Waals surface area contributed by atoms with E-state index < -0.39 is 11.9 Å². The second kappa shape index (κ2) is 7.93. The van der Waals surface area contributed by atoms with Crippen molar-refractivity contribution in [2.75, 3.05) is 18.9 Å². The summed E-state index contributed by atoms with van der Waals surface area (Å²) < 4.78 is 15.8. The van der Waals surface area contributed by atoms with Gasteiger partial charge in [0.1, 0.15) is 11.7 Å². The van der Waals surface area contributed by atoms with Gasteiger partial charge in [0.15, 0.2) is 5.82 Å². The number of aromatic nitrogens is 2. The molecule has 2 aromatic carbocycles. The average molecular weight is 352 g/mol. The van der Waals surface area contributed by atoms with Crippen LogP contribution in [0.2, 0.25) is 0 Å². The molecule has 6 heteroatoms. The summed E-state index contributed by atoms with van der Waals surface area (Å²) in [6.07, 6.45) is 3.25. The Balaban J connectivity index is 1.82. The smallest absolute Gasteiger partial charge is 0.246 e. The van der Waals surface area contributed by atoms with Gasteiger partial charge in [0.2, 0.25) is 5.91 Å².